The Morgan fingerprint density at radius 3 is 2.42 bits per heavy atom. The highest BCUT2D eigenvalue weighted by Crippen LogP contribution is 2.40. The van der Waals surface area contributed by atoms with Crippen molar-refractivity contribution >= 4 is 35.0 Å². The molecule has 0 spiro atoms. The minimum absolute atomic E-state index is 0.150. The van der Waals surface area contributed by atoms with Gasteiger partial charge < -0.3 is 24.3 Å². The first-order valence-electron chi connectivity index (χ1n) is 14.4. The summed E-state index contributed by atoms with van der Waals surface area (Å²) in [7, 11) is 1.54. The van der Waals surface area contributed by atoms with Crippen LogP contribution in [0.1, 0.15) is 37.9 Å². The predicted molar refractivity (Wildman–Crippen MR) is 172 cm³/mol. The lowest BCUT2D eigenvalue weighted by Gasteiger charge is -2.26. The molecule has 1 unspecified atom stereocenters. The van der Waals surface area contributed by atoms with Crippen molar-refractivity contribution in [2.75, 3.05) is 32.2 Å². The SMILES string of the molecule is CCOC(=O)C1=C(C)N=c2s/c(=C\c3ccc(OCC(=O)Nc4ccccc4)cc3)c(=O)n2C1c1cccc(OC)c1OCC. The lowest BCUT2D eigenvalue weighted by molar-refractivity contribution is -0.139. The maximum absolute atomic E-state index is 14.0. The van der Waals surface area contributed by atoms with Gasteiger partial charge in [0.25, 0.3) is 11.5 Å². The number of carbonyl (C=O) groups is 2. The highest BCUT2D eigenvalue weighted by molar-refractivity contribution is 7.07. The van der Waals surface area contributed by atoms with Crippen LogP contribution in [0.15, 0.2) is 93.9 Å². The fourth-order valence-corrected chi connectivity index (χ4v) is 6.02. The van der Waals surface area contributed by atoms with Crippen LogP contribution in [0, 0.1) is 0 Å². The molecule has 1 atom stereocenters. The number of thiazole rings is 1. The van der Waals surface area contributed by atoms with Gasteiger partial charge in [0.1, 0.15) is 11.8 Å². The van der Waals surface area contributed by atoms with Crippen molar-refractivity contribution in [3.8, 4) is 17.2 Å². The van der Waals surface area contributed by atoms with E-state index in [1.54, 1.807) is 68.5 Å². The molecular formula is C34H33N3O7S. The largest absolute Gasteiger partial charge is 0.493 e. The van der Waals surface area contributed by atoms with Gasteiger partial charge in [-0.2, -0.15) is 0 Å². The number of anilines is 1. The van der Waals surface area contributed by atoms with Crippen LogP contribution < -0.4 is 34.4 Å². The molecular weight excluding hydrogens is 594 g/mol. The maximum Gasteiger partial charge on any atom is 0.338 e. The molecule has 1 aliphatic heterocycles. The fourth-order valence-electron chi connectivity index (χ4n) is 4.97. The van der Waals surface area contributed by atoms with E-state index in [0.717, 1.165) is 5.56 Å². The summed E-state index contributed by atoms with van der Waals surface area (Å²) >= 11 is 1.22. The Bertz CT molecular complexity index is 1910. The van der Waals surface area contributed by atoms with Crippen LogP contribution in [0.25, 0.3) is 6.08 Å². The van der Waals surface area contributed by atoms with E-state index in [1.165, 1.54) is 23.0 Å². The monoisotopic (exact) mass is 627 g/mol. The third-order valence-corrected chi connectivity index (χ3v) is 7.92. The van der Waals surface area contributed by atoms with Gasteiger partial charge in [-0.05, 0) is 62.7 Å². The summed E-state index contributed by atoms with van der Waals surface area (Å²) in [5, 5.41) is 2.78. The molecule has 0 radical (unpaired) electrons. The van der Waals surface area contributed by atoms with E-state index in [2.05, 4.69) is 10.3 Å². The van der Waals surface area contributed by atoms with Crippen LogP contribution in [-0.4, -0.2) is 43.4 Å². The molecule has 0 aliphatic carbocycles. The summed E-state index contributed by atoms with van der Waals surface area (Å²) in [5.74, 6) is 0.590. The molecule has 0 fully saturated rings. The molecule has 1 amide bonds. The first-order valence-corrected chi connectivity index (χ1v) is 15.2. The zero-order valence-corrected chi connectivity index (χ0v) is 26.2. The summed E-state index contributed by atoms with van der Waals surface area (Å²) in [6, 6.07) is 20.7. The first kappa shape index (κ1) is 31.3. The van der Waals surface area contributed by atoms with Gasteiger partial charge in [0.15, 0.2) is 22.9 Å². The van der Waals surface area contributed by atoms with Crippen molar-refractivity contribution in [1.82, 2.24) is 4.57 Å². The molecule has 5 rings (SSSR count). The van der Waals surface area contributed by atoms with Gasteiger partial charge in [0, 0.05) is 11.3 Å². The molecule has 4 aromatic rings. The summed E-state index contributed by atoms with van der Waals surface area (Å²) in [6.45, 7) is 5.68. The molecule has 0 bridgehead atoms. The number of fused-ring (bicyclic) bond motifs is 1. The molecule has 1 N–H and O–H groups in total. The number of benzene rings is 3. The molecule has 2 heterocycles. The smallest absolute Gasteiger partial charge is 0.338 e. The number of rotatable bonds is 11. The van der Waals surface area contributed by atoms with Gasteiger partial charge in [-0.1, -0.05) is 53.8 Å². The normalized spacial score (nSPS) is 14.3. The van der Waals surface area contributed by atoms with Crippen molar-refractivity contribution in [1.29, 1.82) is 0 Å². The number of nitrogens with zero attached hydrogens (tertiary/aromatic N) is 2. The number of ether oxygens (including phenoxy) is 4. The number of amides is 1. The number of esters is 1. The van der Waals surface area contributed by atoms with E-state index in [-0.39, 0.29) is 30.3 Å². The minimum atomic E-state index is -0.850. The third-order valence-electron chi connectivity index (χ3n) is 6.93. The second-order valence-electron chi connectivity index (χ2n) is 9.89. The predicted octanol–water partition coefficient (Wildman–Crippen LogP) is 4.22. The highest BCUT2D eigenvalue weighted by Gasteiger charge is 2.36. The molecule has 1 aromatic heterocycles. The Balaban J connectivity index is 1.48. The molecule has 0 saturated carbocycles. The van der Waals surface area contributed by atoms with Gasteiger partial charge in [-0.3, -0.25) is 14.2 Å². The number of nitrogens with one attached hydrogen (secondary N) is 1. The number of carbonyl (C=O) groups excluding carboxylic acids is 2. The van der Waals surface area contributed by atoms with Crippen LogP contribution in [0.3, 0.4) is 0 Å². The van der Waals surface area contributed by atoms with E-state index in [0.29, 0.717) is 50.1 Å². The average Bonchev–Trinajstić information content (AvgIpc) is 3.34. The molecule has 45 heavy (non-hydrogen) atoms. The highest BCUT2D eigenvalue weighted by atomic mass is 32.1. The molecule has 1 aliphatic rings. The van der Waals surface area contributed by atoms with Gasteiger partial charge >= 0.3 is 5.97 Å². The van der Waals surface area contributed by atoms with Crippen molar-refractivity contribution in [2.24, 2.45) is 4.99 Å². The van der Waals surface area contributed by atoms with E-state index >= 15 is 0 Å². The van der Waals surface area contributed by atoms with Crippen LogP contribution in [0.5, 0.6) is 17.2 Å². The fraction of sp³-hybridized carbons (Fsp3) is 0.235. The Labute approximate surface area is 263 Å². The van der Waals surface area contributed by atoms with Gasteiger partial charge in [0.05, 0.1) is 36.1 Å². The molecule has 3 aromatic carbocycles. The van der Waals surface area contributed by atoms with E-state index in [9.17, 15) is 14.4 Å². The standard InChI is InChI=1S/C34H33N3O7S/c1-5-42-31-25(13-10-14-26(31)41-4)30-29(33(40)43-6-2)21(3)35-34-37(30)32(39)27(45-34)19-22-15-17-24(18-16-22)44-20-28(38)36-23-11-8-7-9-12-23/h7-19,30H,5-6,20H2,1-4H3,(H,36,38)/b27-19-. The van der Waals surface area contributed by atoms with E-state index in [4.69, 9.17) is 18.9 Å². The van der Waals surface area contributed by atoms with Crippen LogP contribution in [0.4, 0.5) is 5.69 Å². The average molecular weight is 628 g/mol. The third kappa shape index (κ3) is 6.83. The Kier molecular flexibility index (Phi) is 9.79. The van der Waals surface area contributed by atoms with Gasteiger partial charge in [-0.25, -0.2) is 9.79 Å². The number of aromatic nitrogens is 1. The quantitative estimate of drug-likeness (QED) is 0.248. The van der Waals surface area contributed by atoms with Crippen molar-refractivity contribution < 1.29 is 28.5 Å². The summed E-state index contributed by atoms with van der Waals surface area (Å²) < 4.78 is 24.5. The number of hydrogen-bond donors (Lipinski definition) is 1. The summed E-state index contributed by atoms with van der Waals surface area (Å²) in [5.41, 5.74) is 2.41. The molecule has 10 nitrogen and oxygen atoms in total. The lowest BCUT2D eigenvalue weighted by Crippen LogP contribution is -2.40. The zero-order valence-electron chi connectivity index (χ0n) is 25.4. The molecule has 11 heteroatoms. The lowest BCUT2D eigenvalue weighted by atomic mass is 9.94. The summed E-state index contributed by atoms with van der Waals surface area (Å²) in [4.78, 5) is 44.6. The van der Waals surface area contributed by atoms with Crippen LogP contribution >= 0.6 is 11.3 Å². The maximum atomic E-state index is 14.0. The van der Waals surface area contributed by atoms with Crippen LogP contribution in [-0.2, 0) is 14.3 Å². The molecule has 0 saturated heterocycles. The second kappa shape index (κ2) is 14.1. The topological polar surface area (TPSA) is 117 Å². The second-order valence-corrected chi connectivity index (χ2v) is 10.9. The summed E-state index contributed by atoms with van der Waals surface area (Å²) in [6.07, 6.45) is 1.76. The minimum Gasteiger partial charge on any atom is -0.493 e. The van der Waals surface area contributed by atoms with Crippen molar-refractivity contribution in [2.45, 2.75) is 26.8 Å². The molecule has 232 valence electrons. The van der Waals surface area contributed by atoms with Gasteiger partial charge in [-0.15, -0.1) is 0 Å². The number of hydrogen-bond acceptors (Lipinski definition) is 9. The van der Waals surface area contributed by atoms with Crippen LogP contribution in [0.2, 0.25) is 0 Å². The Morgan fingerprint density at radius 2 is 1.73 bits per heavy atom. The number of allylic oxidation sites excluding steroid dienone is 1. The number of methoxy groups -OCH3 is 1. The zero-order chi connectivity index (χ0) is 31.9. The van der Waals surface area contributed by atoms with Crippen molar-refractivity contribution in [3.63, 3.8) is 0 Å². The van der Waals surface area contributed by atoms with Gasteiger partial charge in [0.2, 0.25) is 0 Å². The van der Waals surface area contributed by atoms with E-state index in [1.807, 2.05) is 31.2 Å². The van der Waals surface area contributed by atoms with Crippen molar-refractivity contribution in [3.05, 3.63) is 115 Å². The number of para-hydroxylation sites is 2. The Morgan fingerprint density at radius 1 is 0.978 bits per heavy atom. The Hall–Kier alpha value is -5.16. The first-order chi connectivity index (χ1) is 21.8. The van der Waals surface area contributed by atoms with E-state index < -0.39 is 12.0 Å².